The molecule has 2 aromatic carbocycles. The van der Waals surface area contributed by atoms with Crippen molar-refractivity contribution in [3.05, 3.63) is 60.2 Å². The number of carbonyl (C=O) groups excluding carboxylic acids is 1. The zero-order chi connectivity index (χ0) is 14.4. The Kier molecular flexibility index (Phi) is 4.85. The van der Waals surface area contributed by atoms with E-state index in [0.29, 0.717) is 5.69 Å². The number of nitrogens with two attached hydrogens (primary N) is 1. The van der Waals surface area contributed by atoms with E-state index >= 15 is 0 Å². The second kappa shape index (κ2) is 6.82. The molecule has 0 saturated carbocycles. The molecule has 0 aliphatic carbocycles. The average molecular weight is 284 g/mol. The van der Waals surface area contributed by atoms with Gasteiger partial charge in [-0.25, -0.2) is 0 Å². The molecule has 0 fully saturated rings. The number of hydrogen-bond acceptors (Lipinski definition) is 3. The quantitative estimate of drug-likeness (QED) is 0.512. The molecular weight excluding hydrogens is 268 g/mol. The van der Waals surface area contributed by atoms with Crippen LogP contribution in [0.25, 0.3) is 6.08 Å². The van der Waals surface area contributed by atoms with Gasteiger partial charge >= 0.3 is 0 Å². The van der Waals surface area contributed by atoms with Gasteiger partial charge in [0.2, 0.25) is 5.91 Å². The lowest BCUT2D eigenvalue weighted by atomic mass is 10.2. The lowest BCUT2D eigenvalue weighted by Gasteiger charge is -2.06. The summed E-state index contributed by atoms with van der Waals surface area (Å²) in [5.74, 6) is -0.158. The molecule has 0 heterocycles. The second-order valence-electron chi connectivity index (χ2n) is 4.19. The maximum Gasteiger partial charge on any atom is 0.248 e. The molecule has 2 aromatic rings. The van der Waals surface area contributed by atoms with E-state index in [1.165, 1.54) is 6.08 Å². The van der Waals surface area contributed by atoms with Crippen LogP contribution < -0.4 is 11.1 Å². The minimum atomic E-state index is -0.158. The van der Waals surface area contributed by atoms with E-state index in [2.05, 4.69) is 5.32 Å². The molecule has 4 heteroatoms. The molecule has 3 N–H and O–H groups in total. The summed E-state index contributed by atoms with van der Waals surface area (Å²) < 4.78 is 0. The number of para-hydroxylation sites is 1. The van der Waals surface area contributed by atoms with Crippen LogP contribution in [0.4, 0.5) is 11.4 Å². The zero-order valence-electron chi connectivity index (χ0n) is 11.2. The van der Waals surface area contributed by atoms with E-state index in [1.807, 2.05) is 54.8 Å². The molecule has 3 nitrogen and oxygen atoms in total. The normalized spacial score (nSPS) is 10.7. The molecule has 0 atom stereocenters. The number of anilines is 2. The van der Waals surface area contributed by atoms with Crippen LogP contribution in [0.1, 0.15) is 5.56 Å². The average Bonchev–Trinajstić information content (AvgIpc) is 2.46. The SMILES string of the molecule is CSc1ccccc1NC(=O)/C=C/c1cccc(N)c1. The van der Waals surface area contributed by atoms with Gasteiger partial charge in [0.05, 0.1) is 5.69 Å². The zero-order valence-corrected chi connectivity index (χ0v) is 12.0. The molecule has 102 valence electrons. The smallest absolute Gasteiger partial charge is 0.248 e. The van der Waals surface area contributed by atoms with Crippen LogP contribution in [-0.4, -0.2) is 12.2 Å². The first-order valence-corrected chi connectivity index (χ1v) is 7.39. The number of rotatable bonds is 4. The van der Waals surface area contributed by atoms with Crippen LogP contribution in [-0.2, 0) is 4.79 Å². The summed E-state index contributed by atoms with van der Waals surface area (Å²) in [6, 6.07) is 15.1. The third kappa shape index (κ3) is 3.90. The largest absolute Gasteiger partial charge is 0.399 e. The number of nitrogens with one attached hydrogen (secondary N) is 1. The summed E-state index contributed by atoms with van der Waals surface area (Å²) >= 11 is 1.60. The van der Waals surface area contributed by atoms with Crippen molar-refractivity contribution in [2.45, 2.75) is 4.90 Å². The molecule has 0 radical (unpaired) electrons. The Morgan fingerprint density at radius 2 is 2.00 bits per heavy atom. The molecule has 1 amide bonds. The molecule has 0 unspecified atom stereocenters. The van der Waals surface area contributed by atoms with E-state index < -0.39 is 0 Å². The molecule has 0 spiro atoms. The monoisotopic (exact) mass is 284 g/mol. The highest BCUT2D eigenvalue weighted by atomic mass is 32.2. The van der Waals surface area contributed by atoms with Gasteiger partial charge in [0.15, 0.2) is 0 Å². The standard InChI is InChI=1S/C16H16N2OS/c1-20-15-8-3-2-7-14(15)18-16(19)10-9-12-5-4-6-13(17)11-12/h2-11H,17H2,1H3,(H,18,19)/b10-9+. The topological polar surface area (TPSA) is 55.1 Å². The second-order valence-corrected chi connectivity index (χ2v) is 5.04. The molecule has 0 bridgehead atoms. The van der Waals surface area contributed by atoms with Crippen LogP contribution in [0.3, 0.4) is 0 Å². The fourth-order valence-corrected chi connectivity index (χ4v) is 2.31. The van der Waals surface area contributed by atoms with Gasteiger partial charge in [-0.3, -0.25) is 4.79 Å². The first kappa shape index (κ1) is 14.2. The number of thioether (sulfide) groups is 1. The van der Waals surface area contributed by atoms with Gasteiger partial charge in [0, 0.05) is 16.7 Å². The first-order valence-electron chi connectivity index (χ1n) is 6.16. The minimum absolute atomic E-state index is 0.158. The van der Waals surface area contributed by atoms with Crippen molar-refractivity contribution in [2.24, 2.45) is 0 Å². The van der Waals surface area contributed by atoms with Crippen molar-refractivity contribution in [3.63, 3.8) is 0 Å². The fourth-order valence-electron chi connectivity index (χ4n) is 1.76. The number of nitrogen functional groups attached to an aromatic ring is 1. The number of hydrogen-bond donors (Lipinski definition) is 2. The Hall–Kier alpha value is -2.20. The fraction of sp³-hybridized carbons (Fsp3) is 0.0625. The van der Waals surface area contributed by atoms with Gasteiger partial charge in [0.1, 0.15) is 0 Å². The molecule has 0 aliphatic rings. The van der Waals surface area contributed by atoms with Crippen molar-refractivity contribution < 1.29 is 4.79 Å². The van der Waals surface area contributed by atoms with Crippen molar-refractivity contribution >= 4 is 35.1 Å². The first-order chi connectivity index (χ1) is 9.69. The predicted molar refractivity (Wildman–Crippen MR) is 86.7 cm³/mol. The summed E-state index contributed by atoms with van der Waals surface area (Å²) in [6.07, 6.45) is 5.23. The van der Waals surface area contributed by atoms with Crippen LogP contribution in [0.15, 0.2) is 59.5 Å². The Bertz CT molecular complexity index is 638. The van der Waals surface area contributed by atoms with E-state index in [9.17, 15) is 4.79 Å². The molecule has 20 heavy (non-hydrogen) atoms. The van der Waals surface area contributed by atoms with Crippen molar-refractivity contribution in [1.82, 2.24) is 0 Å². The lowest BCUT2D eigenvalue weighted by molar-refractivity contribution is -0.111. The third-order valence-electron chi connectivity index (χ3n) is 2.70. The Balaban J connectivity index is 2.06. The third-order valence-corrected chi connectivity index (χ3v) is 3.50. The Labute approximate surface area is 122 Å². The van der Waals surface area contributed by atoms with Crippen LogP contribution in [0.2, 0.25) is 0 Å². The van der Waals surface area contributed by atoms with Crippen LogP contribution >= 0.6 is 11.8 Å². The van der Waals surface area contributed by atoms with Crippen molar-refractivity contribution in [2.75, 3.05) is 17.3 Å². The van der Waals surface area contributed by atoms with Crippen molar-refractivity contribution in [1.29, 1.82) is 0 Å². The number of benzene rings is 2. The highest BCUT2D eigenvalue weighted by Gasteiger charge is 2.02. The summed E-state index contributed by atoms with van der Waals surface area (Å²) in [7, 11) is 0. The lowest BCUT2D eigenvalue weighted by Crippen LogP contribution is -2.08. The summed E-state index contributed by atoms with van der Waals surface area (Å²) in [5, 5.41) is 2.87. The predicted octanol–water partition coefficient (Wildman–Crippen LogP) is 3.64. The Morgan fingerprint density at radius 3 is 2.75 bits per heavy atom. The van der Waals surface area contributed by atoms with Crippen molar-refractivity contribution in [3.8, 4) is 0 Å². The highest BCUT2D eigenvalue weighted by Crippen LogP contribution is 2.24. The summed E-state index contributed by atoms with van der Waals surface area (Å²) in [5.41, 5.74) is 8.09. The van der Waals surface area contributed by atoms with E-state index in [4.69, 9.17) is 5.73 Å². The highest BCUT2D eigenvalue weighted by molar-refractivity contribution is 7.98. The minimum Gasteiger partial charge on any atom is -0.399 e. The maximum absolute atomic E-state index is 11.9. The van der Waals surface area contributed by atoms with E-state index in [0.717, 1.165) is 16.1 Å². The molecule has 0 saturated heterocycles. The van der Waals surface area contributed by atoms with Gasteiger partial charge in [-0.1, -0.05) is 24.3 Å². The van der Waals surface area contributed by atoms with E-state index in [-0.39, 0.29) is 5.91 Å². The van der Waals surface area contributed by atoms with Gasteiger partial charge in [-0.05, 0) is 42.2 Å². The van der Waals surface area contributed by atoms with Gasteiger partial charge in [-0.15, -0.1) is 11.8 Å². The van der Waals surface area contributed by atoms with Gasteiger partial charge in [0.25, 0.3) is 0 Å². The van der Waals surface area contributed by atoms with Gasteiger partial charge in [-0.2, -0.15) is 0 Å². The maximum atomic E-state index is 11.9. The summed E-state index contributed by atoms with van der Waals surface area (Å²) in [4.78, 5) is 12.9. The van der Waals surface area contributed by atoms with E-state index in [1.54, 1.807) is 17.8 Å². The molecular formula is C16H16N2OS. The van der Waals surface area contributed by atoms with Crippen LogP contribution in [0, 0.1) is 0 Å². The Morgan fingerprint density at radius 1 is 1.20 bits per heavy atom. The number of amides is 1. The van der Waals surface area contributed by atoms with Crippen LogP contribution in [0.5, 0.6) is 0 Å². The van der Waals surface area contributed by atoms with Gasteiger partial charge < -0.3 is 11.1 Å². The summed E-state index contributed by atoms with van der Waals surface area (Å²) in [6.45, 7) is 0. The molecule has 2 rings (SSSR count). The number of carbonyl (C=O) groups is 1. The molecule has 0 aliphatic heterocycles. The molecule has 0 aromatic heterocycles.